The van der Waals surface area contributed by atoms with Crippen LogP contribution in [0.25, 0.3) is 6.08 Å². The van der Waals surface area contributed by atoms with Crippen molar-refractivity contribution in [3.05, 3.63) is 30.0 Å². The van der Waals surface area contributed by atoms with Gasteiger partial charge in [0.1, 0.15) is 5.82 Å². The Morgan fingerprint density at radius 1 is 1.62 bits per heavy atom. The highest BCUT2D eigenvalue weighted by Crippen LogP contribution is 2.03. The summed E-state index contributed by atoms with van der Waals surface area (Å²) < 4.78 is 0. The minimum absolute atomic E-state index is 0.0182. The Morgan fingerprint density at radius 3 is 2.92 bits per heavy atom. The van der Waals surface area contributed by atoms with Crippen LogP contribution in [0, 0.1) is 0 Å². The molecule has 68 valence electrons. The molecule has 1 heterocycles. The molecule has 0 atom stereocenters. The number of carbonyl (C=O) groups is 1. The summed E-state index contributed by atoms with van der Waals surface area (Å²) in [5, 5.41) is 8.35. The Labute approximate surface area is 75.7 Å². The maximum absolute atomic E-state index is 10.2. The van der Waals surface area contributed by atoms with Gasteiger partial charge in [0, 0.05) is 6.20 Å². The summed E-state index contributed by atoms with van der Waals surface area (Å²) in [5.41, 5.74) is 6.22. The van der Waals surface area contributed by atoms with E-state index in [0.29, 0.717) is 5.82 Å². The molecule has 0 saturated heterocycles. The van der Waals surface area contributed by atoms with Gasteiger partial charge in [-0.1, -0.05) is 12.2 Å². The van der Waals surface area contributed by atoms with Crippen molar-refractivity contribution in [3.63, 3.8) is 0 Å². The summed E-state index contributed by atoms with van der Waals surface area (Å²) in [5.74, 6) is -0.393. The number of hydrogen-bond acceptors (Lipinski definition) is 3. The third-order valence-electron chi connectivity index (χ3n) is 1.41. The number of nitrogens with zero attached hydrogens (tertiary/aromatic N) is 1. The normalized spacial score (nSPS) is 10.5. The summed E-state index contributed by atoms with van der Waals surface area (Å²) in [6.07, 6.45) is 4.87. The molecule has 1 rings (SSSR count). The van der Waals surface area contributed by atoms with E-state index in [0.717, 1.165) is 5.56 Å². The predicted octanol–water partition coefficient (Wildman–Crippen LogP) is 1.15. The first-order valence-corrected chi connectivity index (χ1v) is 3.78. The number of hydrogen-bond donors (Lipinski definition) is 2. The quantitative estimate of drug-likeness (QED) is 0.727. The third kappa shape index (κ3) is 3.37. The summed E-state index contributed by atoms with van der Waals surface area (Å²) in [6.45, 7) is 0. The molecule has 0 saturated carbocycles. The lowest BCUT2D eigenvalue weighted by molar-refractivity contribution is -0.135. The Bertz CT molecular complexity index is 317. The lowest BCUT2D eigenvalue weighted by atomic mass is 10.2. The maximum atomic E-state index is 10.2. The fraction of sp³-hybridized carbons (Fsp3) is 0.111. The van der Waals surface area contributed by atoms with E-state index in [9.17, 15) is 4.79 Å². The monoisotopic (exact) mass is 178 g/mol. The van der Waals surface area contributed by atoms with Crippen molar-refractivity contribution in [2.45, 2.75) is 6.42 Å². The molecule has 0 aliphatic heterocycles. The van der Waals surface area contributed by atoms with Gasteiger partial charge < -0.3 is 10.8 Å². The van der Waals surface area contributed by atoms with E-state index in [1.807, 2.05) is 0 Å². The van der Waals surface area contributed by atoms with Crippen molar-refractivity contribution in [2.75, 3.05) is 5.73 Å². The predicted molar refractivity (Wildman–Crippen MR) is 49.9 cm³/mol. The minimum Gasteiger partial charge on any atom is -0.481 e. The fourth-order valence-corrected chi connectivity index (χ4v) is 0.811. The van der Waals surface area contributed by atoms with Crippen molar-refractivity contribution >= 4 is 17.9 Å². The first-order valence-electron chi connectivity index (χ1n) is 3.78. The van der Waals surface area contributed by atoms with Crippen LogP contribution >= 0.6 is 0 Å². The maximum Gasteiger partial charge on any atom is 0.307 e. The van der Waals surface area contributed by atoms with Crippen molar-refractivity contribution in [1.82, 2.24) is 4.98 Å². The Kier molecular flexibility index (Phi) is 3.03. The first kappa shape index (κ1) is 9.25. The van der Waals surface area contributed by atoms with E-state index in [-0.39, 0.29) is 6.42 Å². The molecule has 0 aromatic carbocycles. The highest BCUT2D eigenvalue weighted by molar-refractivity contribution is 5.70. The fourth-order valence-electron chi connectivity index (χ4n) is 0.811. The number of carboxylic acids is 1. The molecule has 0 spiro atoms. The topological polar surface area (TPSA) is 76.2 Å². The summed E-state index contributed by atoms with van der Waals surface area (Å²) in [4.78, 5) is 14.0. The summed E-state index contributed by atoms with van der Waals surface area (Å²) >= 11 is 0. The average Bonchev–Trinajstić information content (AvgIpc) is 2.08. The summed E-state index contributed by atoms with van der Waals surface area (Å²) in [6, 6.07) is 3.45. The van der Waals surface area contributed by atoms with Crippen molar-refractivity contribution in [2.24, 2.45) is 0 Å². The van der Waals surface area contributed by atoms with E-state index in [1.54, 1.807) is 30.5 Å². The Balaban J connectivity index is 2.59. The van der Waals surface area contributed by atoms with E-state index in [2.05, 4.69) is 4.98 Å². The van der Waals surface area contributed by atoms with E-state index in [4.69, 9.17) is 10.8 Å². The molecular formula is C9H10N2O2. The highest BCUT2D eigenvalue weighted by atomic mass is 16.4. The number of pyridine rings is 1. The number of carboxylic acid groups (broad SMARTS) is 1. The summed E-state index contributed by atoms with van der Waals surface area (Å²) in [7, 11) is 0. The zero-order valence-corrected chi connectivity index (χ0v) is 6.97. The van der Waals surface area contributed by atoms with Crippen LogP contribution < -0.4 is 5.73 Å². The van der Waals surface area contributed by atoms with Gasteiger partial charge in [-0.3, -0.25) is 4.79 Å². The van der Waals surface area contributed by atoms with Gasteiger partial charge in [0.25, 0.3) is 0 Å². The number of rotatable bonds is 3. The average molecular weight is 178 g/mol. The van der Waals surface area contributed by atoms with Crippen molar-refractivity contribution in [3.8, 4) is 0 Å². The SMILES string of the molecule is Nc1ccc(C=CCC(=O)O)cn1. The van der Waals surface area contributed by atoms with Gasteiger partial charge in [-0.2, -0.15) is 0 Å². The van der Waals surface area contributed by atoms with Crippen LogP contribution in [-0.2, 0) is 4.79 Å². The van der Waals surface area contributed by atoms with Crippen LogP contribution in [0.2, 0.25) is 0 Å². The zero-order chi connectivity index (χ0) is 9.68. The molecule has 3 N–H and O–H groups in total. The number of aliphatic carboxylic acids is 1. The van der Waals surface area contributed by atoms with E-state index < -0.39 is 5.97 Å². The van der Waals surface area contributed by atoms with Gasteiger partial charge >= 0.3 is 5.97 Å². The molecule has 1 aromatic heterocycles. The van der Waals surface area contributed by atoms with Crippen molar-refractivity contribution in [1.29, 1.82) is 0 Å². The molecule has 0 radical (unpaired) electrons. The first-order chi connectivity index (χ1) is 6.18. The van der Waals surface area contributed by atoms with Gasteiger partial charge in [-0.05, 0) is 17.7 Å². The minimum atomic E-state index is -0.848. The largest absolute Gasteiger partial charge is 0.481 e. The zero-order valence-electron chi connectivity index (χ0n) is 6.97. The van der Waals surface area contributed by atoms with Crippen LogP contribution in [-0.4, -0.2) is 16.1 Å². The number of nitrogen functional groups attached to an aromatic ring is 1. The van der Waals surface area contributed by atoms with Crippen LogP contribution in [0.15, 0.2) is 24.4 Å². The molecule has 0 aliphatic rings. The smallest absolute Gasteiger partial charge is 0.307 e. The Hall–Kier alpha value is -1.84. The van der Waals surface area contributed by atoms with E-state index in [1.165, 1.54) is 0 Å². The molecule has 0 bridgehead atoms. The molecule has 13 heavy (non-hydrogen) atoms. The molecule has 0 fully saturated rings. The highest BCUT2D eigenvalue weighted by Gasteiger charge is 1.90. The molecule has 1 aromatic rings. The third-order valence-corrected chi connectivity index (χ3v) is 1.41. The van der Waals surface area contributed by atoms with Crippen LogP contribution in [0.1, 0.15) is 12.0 Å². The van der Waals surface area contributed by atoms with Crippen LogP contribution in [0.5, 0.6) is 0 Å². The second-order valence-electron chi connectivity index (χ2n) is 2.52. The van der Waals surface area contributed by atoms with E-state index >= 15 is 0 Å². The molecular weight excluding hydrogens is 168 g/mol. The van der Waals surface area contributed by atoms with Gasteiger partial charge in [0.05, 0.1) is 6.42 Å². The number of aromatic nitrogens is 1. The molecule has 0 unspecified atom stereocenters. The lowest BCUT2D eigenvalue weighted by Crippen LogP contribution is -1.90. The number of nitrogens with two attached hydrogens (primary N) is 1. The van der Waals surface area contributed by atoms with Crippen molar-refractivity contribution < 1.29 is 9.90 Å². The van der Waals surface area contributed by atoms with Gasteiger partial charge in [-0.25, -0.2) is 4.98 Å². The molecule has 0 amide bonds. The Morgan fingerprint density at radius 2 is 2.38 bits per heavy atom. The molecule has 0 aliphatic carbocycles. The second-order valence-corrected chi connectivity index (χ2v) is 2.52. The van der Waals surface area contributed by atoms with Gasteiger partial charge in [-0.15, -0.1) is 0 Å². The molecule has 4 nitrogen and oxygen atoms in total. The second kappa shape index (κ2) is 4.25. The lowest BCUT2D eigenvalue weighted by Gasteiger charge is -1.92. The standard InChI is InChI=1S/C9H10N2O2/c10-8-5-4-7(6-11-8)2-1-3-9(12)13/h1-2,4-6H,3H2,(H2,10,11)(H,12,13). The van der Waals surface area contributed by atoms with Crippen LogP contribution in [0.4, 0.5) is 5.82 Å². The molecule has 4 heteroatoms. The number of anilines is 1. The van der Waals surface area contributed by atoms with Gasteiger partial charge in [0.2, 0.25) is 0 Å². The van der Waals surface area contributed by atoms with Gasteiger partial charge in [0.15, 0.2) is 0 Å². The van der Waals surface area contributed by atoms with Crippen LogP contribution in [0.3, 0.4) is 0 Å².